The van der Waals surface area contributed by atoms with E-state index in [0.717, 1.165) is 5.69 Å². The molecule has 0 radical (unpaired) electrons. The van der Waals surface area contributed by atoms with Gasteiger partial charge in [-0.3, -0.25) is 14.3 Å². The standard InChI is InChI=1S/C15H17N3O3/c1-18-13(8-9-16-18)6-7-14(19)17-12-4-2-11(3-5-12)10-15(20)21/h2-5,8-9H,6-7,10H2,1H3,(H,17,19)(H,20,21). The van der Waals surface area contributed by atoms with Crippen molar-refractivity contribution in [3.8, 4) is 0 Å². The van der Waals surface area contributed by atoms with Crippen molar-refractivity contribution in [3.63, 3.8) is 0 Å². The Bertz CT molecular complexity index is 632. The maximum atomic E-state index is 11.8. The van der Waals surface area contributed by atoms with Crippen LogP contribution >= 0.6 is 0 Å². The highest BCUT2D eigenvalue weighted by Gasteiger charge is 2.06. The fourth-order valence-corrected chi connectivity index (χ4v) is 1.99. The molecule has 1 amide bonds. The molecule has 110 valence electrons. The second kappa shape index (κ2) is 6.69. The van der Waals surface area contributed by atoms with Crippen molar-refractivity contribution in [1.82, 2.24) is 9.78 Å². The van der Waals surface area contributed by atoms with E-state index in [1.54, 1.807) is 35.1 Å². The number of carbonyl (C=O) groups excluding carboxylic acids is 1. The quantitative estimate of drug-likeness (QED) is 0.845. The van der Waals surface area contributed by atoms with E-state index in [0.29, 0.717) is 24.1 Å². The molecule has 0 aliphatic carbocycles. The van der Waals surface area contributed by atoms with Crippen molar-refractivity contribution >= 4 is 17.6 Å². The highest BCUT2D eigenvalue weighted by atomic mass is 16.4. The lowest BCUT2D eigenvalue weighted by Crippen LogP contribution is -2.13. The van der Waals surface area contributed by atoms with Crippen LogP contribution in [-0.4, -0.2) is 26.8 Å². The van der Waals surface area contributed by atoms with E-state index < -0.39 is 5.97 Å². The Balaban J connectivity index is 1.85. The van der Waals surface area contributed by atoms with Gasteiger partial charge in [0.05, 0.1) is 6.42 Å². The Labute approximate surface area is 122 Å². The van der Waals surface area contributed by atoms with Crippen molar-refractivity contribution in [2.45, 2.75) is 19.3 Å². The van der Waals surface area contributed by atoms with E-state index in [1.807, 2.05) is 13.1 Å². The summed E-state index contributed by atoms with van der Waals surface area (Å²) in [6.07, 6.45) is 2.68. The number of anilines is 1. The molecule has 0 saturated carbocycles. The number of nitrogens with zero attached hydrogens (tertiary/aromatic N) is 2. The fraction of sp³-hybridized carbons (Fsp3) is 0.267. The van der Waals surface area contributed by atoms with Crippen LogP contribution in [0.2, 0.25) is 0 Å². The van der Waals surface area contributed by atoms with Crippen LogP contribution in [-0.2, 0) is 29.5 Å². The number of aliphatic carboxylic acids is 1. The SMILES string of the molecule is Cn1nccc1CCC(=O)Nc1ccc(CC(=O)O)cc1. The molecule has 1 heterocycles. The minimum Gasteiger partial charge on any atom is -0.481 e. The number of benzene rings is 1. The van der Waals surface area contributed by atoms with E-state index >= 15 is 0 Å². The predicted octanol–water partition coefficient (Wildman–Crippen LogP) is 1.62. The lowest BCUT2D eigenvalue weighted by molar-refractivity contribution is -0.136. The van der Waals surface area contributed by atoms with Crippen molar-refractivity contribution in [3.05, 3.63) is 47.8 Å². The zero-order chi connectivity index (χ0) is 15.2. The van der Waals surface area contributed by atoms with Crippen LogP contribution in [0.1, 0.15) is 17.7 Å². The second-order valence-corrected chi connectivity index (χ2v) is 4.76. The van der Waals surface area contributed by atoms with Gasteiger partial charge in [-0.05, 0) is 30.2 Å². The molecule has 0 atom stereocenters. The monoisotopic (exact) mass is 287 g/mol. The van der Waals surface area contributed by atoms with Crippen LogP contribution in [0.15, 0.2) is 36.5 Å². The third-order valence-electron chi connectivity index (χ3n) is 3.12. The molecule has 2 rings (SSSR count). The number of nitrogens with one attached hydrogen (secondary N) is 1. The number of hydrogen-bond donors (Lipinski definition) is 2. The molecule has 0 spiro atoms. The molecule has 2 N–H and O–H groups in total. The zero-order valence-electron chi connectivity index (χ0n) is 11.7. The Morgan fingerprint density at radius 2 is 1.95 bits per heavy atom. The number of carbonyl (C=O) groups is 2. The third-order valence-corrected chi connectivity index (χ3v) is 3.12. The highest BCUT2D eigenvalue weighted by Crippen LogP contribution is 2.11. The molecule has 21 heavy (non-hydrogen) atoms. The van der Waals surface area contributed by atoms with Gasteiger partial charge in [0.1, 0.15) is 0 Å². The van der Waals surface area contributed by atoms with Gasteiger partial charge in [0.2, 0.25) is 5.91 Å². The van der Waals surface area contributed by atoms with Crippen LogP contribution in [0.25, 0.3) is 0 Å². The first kappa shape index (κ1) is 14.8. The Kier molecular flexibility index (Phi) is 4.71. The Morgan fingerprint density at radius 1 is 1.24 bits per heavy atom. The largest absolute Gasteiger partial charge is 0.481 e. The summed E-state index contributed by atoms with van der Waals surface area (Å²) in [7, 11) is 1.84. The van der Waals surface area contributed by atoms with Crippen LogP contribution in [0, 0.1) is 0 Å². The smallest absolute Gasteiger partial charge is 0.307 e. The van der Waals surface area contributed by atoms with Gasteiger partial charge in [-0.1, -0.05) is 12.1 Å². The van der Waals surface area contributed by atoms with Crippen LogP contribution in [0.4, 0.5) is 5.69 Å². The number of hydrogen-bond acceptors (Lipinski definition) is 3. The molecule has 6 nitrogen and oxygen atoms in total. The predicted molar refractivity (Wildman–Crippen MR) is 77.9 cm³/mol. The topological polar surface area (TPSA) is 84.2 Å². The average Bonchev–Trinajstić information content (AvgIpc) is 2.84. The maximum absolute atomic E-state index is 11.8. The summed E-state index contributed by atoms with van der Waals surface area (Å²) in [5.41, 5.74) is 2.37. The molecule has 0 saturated heterocycles. The third kappa shape index (κ3) is 4.45. The molecule has 6 heteroatoms. The van der Waals surface area contributed by atoms with Crippen molar-refractivity contribution in [1.29, 1.82) is 0 Å². The van der Waals surface area contributed by atoms with Crippen molar-refractivity contribution in [2.24, 2.45) is 7.05 Å². The summed E-state index contributed by atoms with van der Waals surface area (Å²) >= 11 is 0. The first-order valence-corrected chi connectivity index (χ1v) is 6.62. The summed E-state index contributed by atoms with van der Waals surface area (Å²) < 4.78 is 1.74. The number of carboxylic acid groups (broad SMARTS) is 1. The van der Waals surface area contributed by atoms with Gasteiger partial charge in [-0.25, -0.2) is 0 Å². The number of rotatable bonds is 6. The number of amides is 1. The normalized spacial score (nSPS) is 10.3. The minimum atomic E-state index is -0.872. The van der Waals surface area contributed by atoms with Gasteiger partial charge in [0, 0.05) is 31.0 Å². The van der Waals surface area contributed by atoms with Crippen molar-refractivity contribution in [2.75, 3.05) is 5.32 Å². The molecule has 0 bridgehead atoms. The summed E-state index contributed by atoms with van der Waals surface area (Å²) in [5.74, 6) is -0.954. The van der Waals surface area contributed by atoms with Gasteiger partial charge in [0.15, 0.2) is 0 Å². The highest BCUT2D eigenvalue weighted by molar-refractivity contribution is 5.90. The lowest BCUT2D eigenvalue weighted by Gasteiger charge is -2.06. The van der Waals surface area contributed by atoms with Crippen molar-refractivity contribution < 1.29 is 14.7 Å². The molecular formula is C15H17N3O3. The van der Waals surface area contributed by atoms with Gasteiger partial charge in [0.25, 0.3) is 0 Å². The van der Waals surface area contributed by atoms with Gasteiger partial charge < -0.3 is 10.4 Å². The van der Waals surface area contributed by atoms with E-state index in [2.05, 4.69) is 10.4 Å². The van der Waals surface area contributed by atoms with E-state index in [4.69, 9.17) is 5.11 Å². The Hall–Kier alpha value is -2.63. The first-order chi connectivity index (χ1) is 10.0. The number of aromatic nitrogens is 2. The molecule has 0 aliphatic rings. The fourth-order valence-electron chi connectivity index (χ4n) is 1.99. The molecule has 1 aromatic heterocycles. The van der Waals surface area contributed by atoms with Crippen LogP contribution < -0.4 is 5.32 Å². The van der Waals surface area contributed by atoms with E-state index in [9.17, 15) is 9.59 Å². The van der Waals surface area contributed by atoms with Crippen LogP contribution in [0.5, 0.6) is 0 Å². The van der Waals surface area contributed by atoms with Gasteiger partial charge in [-0.15, -0.1) is 0 Å². The summed E-state index contributed by atoms with van der Waals surface area (Å²) in [6.45, 7) is 0. The summed E-state index contributed by atoms with van der Waals surface area (Å²) in [6, 6.07) is 8.70. The zero-order valence-corrected chi connectivity index (χ0v) is 11.7. The van der Waals surface area contributed by atoms with Gasteiger partial charge >= 0.3 is 5.97 Å². The maximum Gasteiger partial charge on any atom is 0.307 e. The molecule has 1 aromatic carbocycles. The lowest BCUT2D eigenvalue weighted by atomic mass is 10.1. The summed E-state index contributed by atoms with van der Waals surface area (Å²) in [5, 5.41) is 15.5. The molecule has 0 aliphatic heterocycles. The summed E-state index contributed by atoms with van der Waals surface area (Å²) in [4.78, 5) is 22.4. The van der Waals surface area contributed by atoms with Crippen LogP contribution in [0.3, 0.4) is 0 Å². The number of aryl methyl sites for hydroxylation is 2. The van der Waals surface area contributed by atoms with E-state index in [1.165, 1.54) is 0 Å². The molecule has 0 fully saturated rings. The molecular weight excluding hydrogens is 270 g/mol. The molecule has 0 unspecified atom stereocenters. The first-order valence-electron chi connectivity index (χ1n) is 6.62. The van der Waals surface area contributed by atoms with Gasteiger partial charge in [-0.2, -0.15) is 5.10 Å². The second-order valence-electron chi connectivity index (χ2n) is 4.76. The van der Waals surface area contributed by atoms with E-state index in [-0.39, 0.29) is 12.3 Å². The average molecular weight is 287 g/mol. The minimum absolute atomic E-state index is 0.0191. The number of carboxylic acids is 1. The Morgan fingerprint density at radius 3 is 2.52 bits per heavy atom. The molecule has 2 aromatic rings.